The highest BCUT2D eigenvalue weighted by molar-refractivity contribution is 5.84. The van der Waals surface area contributed by atoms with Crippen LogP contribution in [0.3, 0.4) is 0 Å². The molecule has 1 aromatic carbocycles. The number of ether oxygens (including phenoxy) is 1. The average molecular weight is 357 g/mol. The van der Waals surface area contributed by atoms with Gasteiger partial charge in [0.05, 0.1) is 19.1 Å². The number of fused-ring (bicyclic) bond motifs is 1. The number of aryl methyl sites for hydroxylation is 1. The Morgan fingerprint density at radius 2 is 1.88 bits per heavy atom. The molecule has 26 heavy (non-hydrogen) atoms. The van der Waals surface area contributed by atoms with E-state index in [1.54, 1.807) is 0 Å². The van der Waals surface area contributed by atoms with Crippen molar-refractivity contribution in [3.05, 3.63) is 35.4 Å². The molecule has 4 rings (SSSR count). The Hall–Kier alpha value is -1.39. The van der Waals surface area contributed by atoms with Gasteiger partial charge in [0.2, 0.25) is 5.91 Å². The van der Waals surface area contributed by atoms with Crippen LogP contribution in [0.4, 0.5) is 0 Å². The van der Waals surface area contributed by atoms with Gasteiger partial charge >= 0.3 is 0 Å². The topological polar surface area (TPSA) is 41.6 Å². The number of nitrogens with zero attached hydrogens (tertiary/aromatic N) is 1. The van der Waals surface area contributed by atoms with Crippen LogP contribution in [-0.2, 0) is 16.0 Å². The second-order valence-corrected chi connectivity index (χ2v) is 8.25. The van der Waals surface area contributed by atoms with Gasteiger partial charge in [-0.1, -0.05) is 43.5 Å². The van der Waals surface area contributed by atoms with Gasteiger partial charge in [0, 0.05) is 25.2 Å². The van der Waals surface area contributed by atoms with Gasteiger partial charge in [-0.2, -0.15) is 0 Å². The van der Waals surface area contributed by atoms with Crippen molar-refractivity contribution in [3.63, 3.8) is 0 Å². The molecule has 1 unspecified atom stereocenters. The molecule has 4 nitrogen and oxygen atoms in total. The Morgan fingerprint density at radius 1 is 1.12 bits per heavy atom. The van der Waals surface area contributed by atoms with Crippen LogP contribution < -0.4 is 5.32 Å². The van der Waals surface area contributed by atoms with Crippen molar-refractivity contribution in [2.75, 3.05) is 32.8 Å². The fourth-order valence-electron chi connectivity index (χ4n) is 5.25. The molecule has 1 heterocycles. The lowest BCUT2D eigenvalue weighted by Gasteiger charge is -2.48. The van der Waals surface area contributed by atoms with Crippen LogP contribution in [0.2, 0.25) is 0 Å². The Kier molecular flexibility index (Phi) is 5.60. The van der Waals surface area contributed by atoms with Crippen molar-refractivity contribution in [1.82, 2.24) is 10.2 Å². The van der Waals surface area contributed by atoms with E-state index in [4.69, 9.17) is 4.74 Å². The number of hydrogen-bond donors (Lipinski definition) is 1. The molecule has 4 heteroatoms. The van der Waals surface area contributed by atoms with Gasteiger partial charge < -0.3 is 10.1 Å². The summed E-state index contributed by atoms with van der Waals surface area (Å²) in [6.45, 7) is 4.45. The van der Waals surface area contributed by atoms with E-state index in [0.717, 1.165) is 52.1 Å². The first-order valence-corrected chi connectivity index (χ1v) is 10.5. The molecular formula is C22H32N2O2. The standard InChI is InChI=1S/C22H32N2O2/c25-21(20-10-6-8-18-7-2-3-9-19(18)20)23-17-22(11-4-1-5-12-22)24-13-15-26-16-14-24/h2-3,7,9,20H,1,4-6,8,10-17H2,(H,23,25). The van der Waals surface area contributed by atoms with Gasteiger partial charge in [0.25, 0.3) is 0 Å². The summed E-state index contributed by atoms with van der Waals surface area (Å²) in [6, 6.07) is 8.50. The summed E-state index contributed by atoms with van der Waals surface area (Å²) in [7, 11) is 0. The molecule has 0 bridgehead atoms. The van der Waals surface area contributed by atoms with Crippen LogP contribution in [0.25, 0.3) is 0 Å². The Morgan fingerprint density at radius 3 is 2.69 bits per heavy atom. The highest BCUT2D eigenvalue weighted by Crippen LogP contribution is 2.35. The van der Waals surface area contributed by atoms with Crippen LogP contribution in [-0.4, -0.2) is 49.2 Å². The monoisotopic (exact) mass is 356 g/mol. The van der Waals surface area contributed by atoms with E-state index < -0.39 is 0 Å². The fraction of sp³-hybridized carbons (Fsp3) is 0.682. The second-order valence-electron chi connectivity index (χ2n) is 8.25. The molecule has 1 N–H and O–H groups in total. The molecule has 142 valence electrons. The van der Waals surface area contributed by atoms with E-state index in [2.05, 4.69) is 34.5 Å². The van der Waals surface area contributed by atoms with Crippen LogP contribution in [0.15, 0.2) is 24.3 Å². The summed E-state index contributed by atoms with van der Waals surface area (Å²) in [5.41, 5.74) is 2.76. The van der Waals surface area contributed by atoms with Gasteiger partial charge in [0.15, 0.2) is 0 Å². The fourth-order valence-corrected chi connectivity index (χ4v) is 5.25. The third-order valence-electron chi connectivity index (χ3n) is 6.74. The van der Waals surface area contributed by atoms with Crippen LogP contribution in [0.5, 0.6) is 0 Å². The Labute approximate surface area is 157 Å². The lowest BCUT2D eigenvalue weighted by molar-refractivity contribution is -0.124. The van der Waals surface area contributed by atoms with E-state index in [0.29, 0.717) is 0 Å². The smallest absolute Gasteiger partial charge is 0.227 e. The first kappa shape index (κ1) is 18.0. The average Bonchev–Trinajstić information content (AvgIpc) is 2.73. The van der Waals surface area contributed by atoms with E-state index in [9.17, 15) is 4.79 Å². The van der Waals surface area contributed by atoms with E-state index in [1.165, 1.54) is 43.2 Å². The number of carbonyl (C=O) groups excluding carboxylic acids is 1. The van der Waals surface area contributed by atoms with Crippen LogP contribution >= 0.6 is 0 Å². The predicted molar refractivity (Wildman–Crippen MR) is 103 cm³/mol. The summed E-state index contributed by atoms with van der Waals surface area (Å²) >= 11 is 0. The van der Waals surface area contributed by atoms with E-state index >= 15 is 0 Å². The van der Waals surface area contributed by atoms with Gasteiger partial charge in [-0.05, 0) is 43.2 Å². The summed E-state index contributed by atoms with van der Waals surface area (Å²) in [5.74, 6) is 0.264. The first-order valence-electron chi connectivity index (χ1n) is 10.5. The maximum Gasteiger partial charge on any atom is 0.227 e. The lowest BCUT2D eigenvalue weighted by Crippen LogP contribution is -2.60. The lowest BCUT2D eigenvalue weighted by atomic mass is 9.79. The molecule has 0 radical (unpaired) electrons. The van der Waals surface area contributed by atoms with E-state index in [1.807, 2.05) is 0 Å². The SMILES string of the molecule is O=C(NCC1(N2CCOCC2)CCCCC1)C1CCCc2ccccc21. The Balaban J connectivity index is 1.45. The zero-order valence-corrected chi connectivity index (χ0v) is 15.8. The second kappa shape index (κ2) is 8.10. The van der Waals surface area contributed by atoms with Crippen LogP contribution in [0, 0.1) is 0 Å². The molecule has 0 aromatic heterocycles. The molecule has 1 aliphatic heterocycles. The highest BCUT2D eigenvalue weighted by atomic mass is 16.5. The Bertz CT molecular complexity index is 618. The van der Waals surface area contributed by atoms with Crippen molar-refractivity contribution < 1.29 is 9.53 Å². The maximum atomic E-state index is 13.1. The largest absolute Gasteiger partial charge is 0.379 e. The van der Waals surface area contributed by atoms with Crippen LogP contribution in [0.1, 0.15) is 62.0 Å². The van der Waals surface area contributed by atoms with Gasteiger partial charge in [-0.3, -0.25) is 9.69 Å². The normalized spacial score (nSPS) is 26.1. The molecule has 2 aliphatic carbocycles. The van der Waals surface area contributed by atoms with Gasteiger partial charge in [0.1, 0.15) is 0 Å². The van der Waals surface area contributed by atoms with Crippen molar-refractivity contribution in [1.29, 1.82) is 0 Å². The van der Waals surface area contributed by atoms with Crippen molar-refractivity contribution in [2.24, 2.45) is 0 Å². The molecule has 1 amide bonds. The first-order chi connectivity index (χ1) is 12.8. The number of benzene rings is 1. The minimum Gasteiger partial charge on any atom is -0.379 e. The summed E-state index contributed by atoms with van der Waals surface area (Å²) in [6.07, 6.45) is 9.49. The minimum atomic E-state index is 0.0327. The van der Waals surface area contributed by atoms with Gasteiger partial charge in [-0.25, -0.2) is 0 Å². The number of morpholine rings is 1. The van der Waals surface area contributed by atoms with Crippen molar-refractivity contribution >= 4 is 5.91 Å². The molecule has 1 aromatic rings. The molecule has 1 atom stereocenters. The van der Waals surface area contributed by atoms with E-state index in [-0.39, 0.29) is 17.4 Å². The predicted octanol–water partition coefficient (Wildman–Crippen LogP) is 3.26. The molecular weight excluding hydrogens is 324 g/mol. The number of nitrogens with one attached hydrogen (secondary N) is 1. The zero-order valence-electron chi connectivity index (χ0n) is 15.8. The van der Waals surface area contributed by atoms with Crippen molar-refractivity contribution in [2.45, 2.75) is 62.8 Å². The molecule has 0 spiro atoms. The summed E-state index contributed by atoms with van der Waals surface area (Å²) in [5, 5.41) is 3.38. The van der Waals surface area contributed by atoms with Gasteiger partial charge in [-0.15, -0.1) is 0 Å². The molecule has 2 fully saturated rings. The molecule has 3 aliphatic rings. The number of hydrogen-bond acceptors (Lipinski definition) is 3. The van der Waals surface area contributed by atoms with Crippen molar-refractivity contribution in [3.8, 4) is 0 Å². The zero-order chi connectivity index (χ0) is 17.8. The maximum absolute atomic E-state index is 13.1. The summed E-state index contributed by atoms with van der Waals surface area (Å²) in [4.78, 5) is 15.7. The highest BCUT2D eigenvalue weighted by Gasteiger charge is 2.39. The number of amides is 1. The quantitative estimate of drug-likeness (QED) is 0.900. The third kappa shape index (κ3) is 3.67. The molecule has 1 saturated carbocycles. The summed E-state index contributed by atoms with van der Waals surface area (Å²) < 4.78 is 5.57. The third-order valence-corrected chi connectivity index (χ3v) is 6.74. The number of rotatable bonds is 4. The molecule has 1 saturated heterocycles. The minimum absolute atomic E-state index is 0.0327. The number of carbonyl (C=O) groups is 1.